The number of nitro groups is 1. The maximum atomic E-state index is 11.9. The summed E-state index contributed by atoms with van der Waals surface area (Å²) >= 11 is 0. The van der Waals surface area contributed by atoms with E-state index in [-0.39, 0.29) is 24.1 Å². The molecule has 1 aliphatic heterocycles. The third kappa shape index (κ3) is 2.80. The summed E-state index contributed by atoms with van der Waals surface area (Å²) in [5.74, 6) is -0.152. The molecule has 19 heavy (non-hydrogen) atoms. The standard InChI is InChI=1S/C11H11N5O3/c12-14-13-6-8-4-11(17)15(7-8)9-2-1-3-10(5-9)16(18)19/h1-3,5,8H,4,6-7H2. The molecule has 1 unspecified atom stereocenters. The normalized spacial score (nSPS) is 18.2. The SMILES string of the molecule is [N-]=[N+]=NCC1CC(=O)N(c2cccc([N+](=O)[O-])c2)C1. The van der Waals surface area contributed by atoms with Gasteiger partial charge in [0.05, 0.1) is 10.6 Å². The van der Waals surface area contributed by atoms with Crippen LogP contribution in [0.15, 0.2) is 29.4 Å². The highest BCUT2D eigenvalue weighted by Gasteiger charge is 2.30. The number of nitro benzene ring substituents is 1. The van der Waals surface area contributed by atoms with Crippen LogP contribution in [0.3, 0.4) is 0 Å². The second-order valence-corrected chi connectivity index (χ2v) is 4.26. The number of azide groups is 1. The van der Waals surface area contributed by atoms with E-state index in [0.29, 0.717) is 18.7 Å². The molecule has 1 atom stereocenters. The molecule has 1 aromatic carbocycles. The van der Waals surface area contributed by atoms with Gasteiger partial charge in [-0.25, -0.2) is 0 Å². The van der Waals surface area contributed by atoms with E-state index in [1.165, 1.54) is 17.0 Å². The Balaban J connectivity index is 2.18. The third-order valence-electron chi connectivity index (χ3n) is 2.96. The number of nitrogens with zero attached hydrogens (tertiary/aromatic N) is 5. The Labute approximate surface area is 108 Å². The maximum Gasteiger partial charge on any atom is 0.271 e. The Hall–Kier alpha value is -2.60. The highest BCUT2D eigenvalue weighted by atomic mass is 16.6. The minimum Gasteiger partial charge on any atom is -0.312 e. The first-order chi connectivity index (χ1) is 9.11. The van der Waals surface area contributed by atoms with Crippen molar-refractivity contribution in [3.63, 3.8) is 0 Å². The first-order valence-electron chi connectivity index (χ1n) is 5.67. The van der Waals surface area contributed by atoms with Crippen molar-refractivity contribution < 1.29 is 9.72 Å². The molecule has 0 radical (unpaired) electrons. The van der Waals surface area contributed by atoms with E-state index in [4.69, 9.17) is 5.53 Å². The van der Waals surface area contributed by atoms with Gasteiger partial charge in [-0.15, -0.1) is 0 Å². The lowest BCUT2D eigenvalue weighted by Gasteiger charge is -2.16. The van der Waals surface area contributed by atoms with Gasteiger partial charge < -0.3 is 4.90 Å². The minimum absolute atomic E-state index is 0.0392. The Morgan fingerprint density at radius 3 is 3.05 bits per heavy atom. The molecular formula is C11H11N5O3. The van der Waals surface area contributed by atoms with Gasteiger partial charge in [-0.3, -0.25) is 14.9 Å². The van der Waals surface area contributed by atoms with Gasteiger partial charge in [0.1, 0.15) is 0 Å². The number of non-ortho nitro benzene ring substituents is 1. The van der Waals surface area contributed by atoms with Gasteiger partial charge >= 0.3 is 0 Å². The molecule has 1 aliphatic rings. The molecule has 0 aliphatic carbocycles. The van der Waals surface area contributed by atoms with Gasteiger partial charge in [-0.1, -0.05) is 11.2 Å². The van der Waals surface area contributed by atoms with E-state index in [9.17, 15) is 14.9 Å². The second kappa shape index (κ2) is 5.36. The smallest absolute Gasteiger partial charge is 0.271 e. The summed E-state index contributed by atoms with van der Waals surface area (Å²) in [6.45, 7) is 0.673. The molecule has 1 heterocycles. The zero-order valence-electron chi connectivity index (χ0n) is 9.97. The zero-order valence-corrected chi connectivity index (χ0v) is 9.97. The molecule has 0 saturated carbocycles. The maximum absolute atomic E-state index is 11.9. The predicted molar refractivity (Wildman–Crippen MR) is 67.6 cm³/mol. The van der Waals surface area contributed by atoms with Gasteiger partial charge in [0, 0.05) is 36.6 Å². The Morgan fingerprint density at radius 1 is 1.58 bits per heavy atom. The van der Waals surface area contributed by atoms with Crippen LogP contribution in [-0.4, -0.2) is 23.9 Å². The molecule has 98 valence electrons. The van der Waals surface area contributed by atoms with Gasteiger partial charge in [0.15, 0.2) is 0 Å². The van der Waals surface area contributed by atoms with Crippen molar-refractivity contribution >= 4 is 17.3 Å². The summed E-state index contributed by atoms with van der Waals surface area (Å²) in [6.07, 6.45) is 0.293. The highest BCUT2D eigenvalue weighted by Crippen LogP contribution is 2.27. The van der Waals surface area contributed by atoms with Crippen LogP contribution in [0, 0.1) is 16.0 Å². The van der Waals surface area contributed by atoms with Crippen molar-refractivity contribution in [2.24, 2.45) is 11.0 Å². The van der Waals surface area contributed by atoms with Gasteiger partial charge in [0.25, 0.3) is 5.69 Å². The van der Waals surface area contributed by atoms with Crippen LogP contribution in [0.25, 0.3) is 10.4 Å². The van der Waals surface area contributed by atoms with Crippen LogP contribution in [0.1, 0.15) is 6.42 Å². The number of carbonyl (C=O) groups is 1. The fourth-order valence-corrected chi connectivity index (χ4v) is 2.08. The van der Waals surface area contributed by atoms with Crippen LogP contribution >= 0.6 is 0 Å². The third-order valence-corrected chi connectivity index (χ3v) is 2.96. The molecule has 2 rings (SSSR count). The van der Waals surface area contributed by atoms with E-state index in [1.807, 2.05) is 0 Å². The number of amides is 1. The summed E-state index contributed by atoms with van der Waals surface area (Å²) in [6, 6.07) is 5.94. The average Bonchev–Trinajstić information content (AvgIpc) is 2.77. The van der Waals surface area contributed by atoms with Crippen molar-refractivity contribution in [3.8, 4) is 0 Å². The number of carbonyl (C=O) groups excluding carboxylic acids is 1. The van der Waals surface area contributed by atoms with Gasteiger partial charge in [0.2, 0.25) is 5.91 Å². The summed E-state index contributed by atoms with van der Waals surface area (Å²) in [5.41, 5.74) is 8.71. The van der Waals surface area contributed by atoms with Gasteiger partial charge in [-0.2, -0.15) is 0 Å². The fraction of sp³-hybridized carbons (Fsp3) is 0.364. The lowest BCUT2D eigenvalue weighted by atomic mass is 10.1. The van der Waals surface area contributed by atoms with Gasteiger partial charge in [-0.05, 0) is 17.5 Å². The lowest BCUT2D eigenvalue weighted by molar-refractivity contribution is -0.384. The number of benzene rings is 1. The molecule has 0 aromatic heterocycles. The number of hydrogen-bond donors (Lipinski definition) is 0. The number of anilines is 1. The second-order valence-electron chi connectivity index (χ2n) is 4.26. The molecular weight excluding hydrogens is 250 g/mol. The van der Waals surface area contributed by atoms with Crippen molar-refractivity contribution in [2.45, 2.75) is 6.42 Å². The molecule has 8 heteroatoms. The lowest BCUT2D eigenvalue weighted by Crippen LogP contribution is -2.24. The van der Waals surface area contributed by atoms with Crippen LogP contribution in [-0.2, 0) is 4.79 Å². The van der Waals surface area contributed by atoms with Crippen molar-refractivity contribution in [1.29, 1.82) is 0 Å². The minimum atomic E-state index is -0.499. The van der Waals surface area contributed by atoms with E-state index in [0.717, 1.165) is 0 Å². The highest BCUT2D eigenvalue weighted by molar-refractivity contribution is 5.96. The molecule has 1 aromatic rings. The van der Waals surface area contributed by atoms with E-state index >= 15 is 0 Å². The summed E-state index contributed by atoms with van der Waals surface area (Å²) in [4.78, 5) is 26.2. The first kappa shape index (κ1) is 12.8. The van der Waals surface area contributed by atoms with Crippen molar-refractivity contribution in [2.75, 3.05) is 18.0 Å². The molecule has 1 amide bonds. The molecule has 0 bridgehead atoms. The summed E-state index contributed by atoms with van der Waals surface area (Å²) in [5, 5.41) is 14.2. The topological polar surface area (TPSA) is 112 Å². The quantitative estimate of drug-likeness (QED) is 0.272. The van der Waals surface area contributed by atoms with E-state index in [2.05, 4.69) is 10.0 Å². The fourth-order valence-electron chi connectivity index (χ4n) is 2.08. The van der Waals surface area contributed by atoms with Crippen LogP contribution in [0.4, 0.5) is 11.4 Å². The average molecular weight is 261 g/mol. The summed E-state index contributed by atoms with van der Waals surface area (Å²) < 4.78 is 0. The molecule has 1 fully saturated rings. The Bertz CT molecular complexity index is 567. The van der Waals surface area contributed by atoms with E-state index in [1.54, 1.807) is 12.1 Å². The van der Waals surface area contributed by atoms with Crippen LogP contribution in [0.5, 0.6) is 0 Å². The molecule has 0 spiro atoms. The number of hydrogen-bond acceptors (Lipinski definition) is 4. The Morgan fingerprint density at radius 2 is 2.37 bits per heavy atom. The summed E-state index contributed by atoms with van der Waals surface area (Å²) in [7, 11) is 0. The Kier molecular flexibility index (Phi) is 3.63. The monoisotopic (exact) mass is 261 g/mol. The number of rotatable bonds is 4. The van der Waals surface area contributed by atoms with E-state index < -0.39 is 4.92 Å². The zero-order chi connectivity index (χ0) is 13.8. The molecule has 0 N–H and O–H groups in total. The van der Waals surface area contributed by atoms with Crippen LogP contribution < -0.4 is 4.90 Å². The van der Waals surface area contributed by atoms with Crippen molar-refractivity contribution in [1.82, 2.24) is 0 Å². The predicted octanol–water partition coefficient (Wildman–Crippen LogP) is 2.26. The largest absolute Gasteiger partial charge is 0.312 e. The molecule has 1 saturated heterocycles. The molecule has 8 nitrogen and oxygen atoms in total. The van der Waals surface area contributed by atoms with Crippen LogP contribution in [0.2, 0.25) is 0 Å². The first-order valence-corrected chi connectivity index (χ1v) is 5.67. The van der Waals surface area contributed by atoms with Crippen molar-refractivity contribution in [3.05, 3.63) is 44.8 Å².